The van der Waals surface area contributed by atoms with Crippen molar-refractivity contribution in [3.63, 3.8) is 0 Å². The molecule has 1 saturated heterocycles. The lowest BCUT2D eigenvalue weighted by Crippen LogP contribution is -2.46. The fourth-order valence-corrected chi connectivity index (χ4v) is 2.92. The van der Waals surface area contributed by atoms with Gasteiger partial charge >= 0.3 is 0 Å². The monoisotopic (exact) mass is 300 g/mol. The van der Waals surface area contributed by atoms with Gasteiger partial charge in [0.25, 0.3) is 0 Å². The predicted octanol–water partition coefficient (Wildman–Crippen LogP) is 1.29. The average molecular weight is 300 g/mol. The molecule has 1 aromatic carbocycles. The summed E-state index contributed by atoms with van der Waals surface area (Å²) < 4.78 is 1.96. The van der Waals surface area contributed by atoms with E-state index in [-0.39, 0.29) is 6.61 Å². The van der Waals surface area contributed by atoms with Crippen LogP contribution in [0.2, 0.25) is 0 Å². The molecule has 0 atom stereocenters. The lowest BCUT2D eigenvalue weighted by Gasteiger charge is -2.34. The van der Waals surface area contributed by atoms with Crippen LogP contribution in [0.1, 0.15) is 11.3 Å². The van der Waals surface area contributed by atoms with Crippen LogP contribution in [-0.4, -0.2) is 64.0 Å². The number of benzene rings is 1. The molecule has 2 heterocycles. The molecule has 0 unspecified atom stereocenters. The lowest BCUT2D eigenvalue weighted by molar-refractivity contribution is 0.108. The van der Waals surface area contributed by atoms with Crippen molar-refractivity contribution in [3.05, 3.63) is 47.8 Å². The molecule has 1 aliphatic rings. The summed E-state index contributed by atoms with van der Waals surface area (Å²) in [6.07, 6.45) is 2.14. The summed E-state index contributed by atoms with van der Waals surface area (Å²) >= 11 is 0. The maximum absolute atomic E-state index is 9.00. The van der Waals surface area contributed by atoms with Crippen molar-refractivity contribution >= 4 is 0 Å². The van der Waals surface area contributed by atoms with Crippen molar-refractivity contribution in [3.8, 4) is 5.69 Å². The van der Waals surface area contributed by atoms with Gasteiger partial charge in [-0.05, 0) is 19.1 Å². The number of aryl methyl sites for hydroxylation is 1. The summed E-state index contributed by atoms with van der Waals surface area (Å²) in [7, 11) is 0. The molecule has 1 aromatic heterocycles. The van der Waals surface area contributed by atoms with Gasteiger partial charge in [0.05, 0.1) is 18.0 Å². The van der Waals surface area contributed by atoms with E-state index in [4.69, 9.17) is 5.11 Å². The molecule has 1 aliphatic heterocycles. The Hall–Kier alpha value is -1.69. The summed E-state index contributed by atoms with van der Waals surface area (Å²) in [6, 6.07) is 10.2. The molecule has 0 bridgehead atoms. The Morgan fingerprint density at radius 1 is 1.05 bits per heavy atom. The number of aliphatic hydroxyl groups is 1. The molecule has 1 fully saturated rings. The quantitative estimate of drug-likeness (QED) is 0.904. The maximum atomic E-state index is 9.00. The summed E-state index contributed by atoms with van der Waals surface area (Å²) in [5.74, 6) is 0. The Morgan fingerprint density at radius 2 is 1.73 bits per heavy atom. The van der Waals surface area contributed by atoms with Crippen LogP contribution in [0, 0.1) is 6.92 Å². The van der Waals surface area contributed by atoms with Crippen molar-refractivity contribution in [1.82, 2.24) is 19.6 Å². The van der Waals surface area contributed by atoms with Gasteiger partial charge in [-0.2, -0.15) is 5.10 Å². The molecule has 0 aliphatic carbocycles. The molecular formula is C17H24N4O. The summed E-state index contributed by atoms with van der Waals surface area (Å²) in [5, 5.41) is 13.6. The first-order valence-electron chi connectivity index (χ1n) is 7.92. The van der Waals surface area contributed by atoms with Crippen LogP contribution in [0.3, 0.4) is 0 Å². The van der Waals surface area contributed by atoms with E-state index in [0.717, 1.165) is 50.6 Å². The van der Waals surface area contributed by atoms with Gasteiger partial charge in [-0.1, -0.05) is 18.2 Å². The minimum atomic E-state index is 0.253. The van der Waals surface area contributed by atoms with E-state index in [1.54, 1.807) is 0 Å². The summed E-state index contributed by atoms with van der Waals surface area (Å²) in [6.45, 7) is 8.24. The van der Waals surface area contributed by atoms with Crippen molar-refractivity contribution < 1.29 is 5.11 Å². The maximum Gasteiger partial charge on any atom is 0.0645 e. The van der Waals surface area contributed by atoms with E-state index in [1.165, 1.54) is 5.56 Å². The lowest BCUT2D eigenvalue weighted by atomic mass is 10.2. The average Bonchev–Trinajstić information content (AvgIpc) is 2.91. The third-order valence-corrected chi connectivity index (χ3v) is 4.30. The Kier molecular flexibility index (Phi) is 4.87. The highest BCUT2D eigenvalue weighted by atomic mass is 16.3. The standard InChI is InChI=1S/C17H24N4O/c1-15-16(13-20-9-7-19(8-10-20)11-12-22)14-21(18-15)17-5-3-2-4-6-17/h2-6,14,22H,7-13H2,1H3. The zero-order chi connectivity index (χ0) is 15.4. The number of hydrogen-bond acceptors (Lipinski definition) is 4. The van der Waals surface area contributed by atoms with Crippen LogP contribution in [0.4, 0.5) is 0 Å². The fourth-order valence-electron chi connectivity index (χ4n) is 2.92. The smallest absolute Gasteiger partial charge is 0.0645 e. The first-order chi connectivity index (χ1) is 10.8. The highest BCUT2D eigenvalue weighted by Gasteiger charge is 2.18. The molecule has 1 N–H and O–H groups in total. The molecule has 5 nitrogen and oxygen atoms in total. The molecule has 0 saturated carbocycles. The Balaban J connectivity index is 1.63. The van der Waals surface area contributed by atoms with Crippen LogP contribution < -0.4 is 0 Å². The molecule has 0 radical (unpaired) electrons. The van der Waals surface area contributed by atoms with E-state index >= 15 is 0 Å². The Bertz CT molecular complexity index is 588. The van der Waals surface area contributed by atoms with Crippen LogP contribution in [0.5, 0.6) is 0 Å². The number of β-amino-alcohol motifs (C(OH)–C–C–N with tert-alkyl or cyclic N) is 1. The molecule has 118 valence electrons. The summed E-state index contributed by atoms with van der Waals surface area (Å²) in [5.41, 5.74) is 3.49. The number of para-hydroxylation sites is 1. The van der Waals surface area contributed by atoms with Crippen LogP contribution >= 0.6 is 0 Å². The zero-order valence-corrected chi connectivity index (χ0v) is 13.1. The van der Waals surface area contributed by atoms with E-state index in [9.17, 15) is 0 Å². The second kappa shape index (κ2) is 7.05. The molecule has 0 spiro atoms. The largest absolute Gasteiger partial charge is 0.395 e. The Labute approximate surface area is 131 Å². The number of rotatable bonds is 5. The minimum Gasteiger partial charge on any atom is -0.395 e. The van der Waals surface area contributed by atoms with Gasteiger partial charge in [0.15, 0.2) is 0 Å². The normalized spacial score (nSPS) is 17.0. The van der Waals surface area contributed by atoms with Crippen LogP contribution in [0.25, 0.3) is 5.69 Å². The summed E-state index contributed by atoms with van der Waals surface area (Å²) in [4.78, 5) is 4.78. The van der Waals surface area contributed by atoms with E-state index < -0.39 is 0 Å². The molecule has 5 heteroatoms. The SMILES string of the molecule is Cc1nn(-c2ccccc2)cc1CN1CCN(CCO)CC1. The first-order valence-corrected chi connectivity index (χ1v) is 7.92. The van der Waals surface area contributed by atoms with Crippen LogP contribution in [0.15, 0.2) is 36.5 Å². The van der Waals surface area contributed by atoms with Crippen molar-refractivity contribution in [2.24, 2.45) is 0 Å². The van der Waals surface area contributed by atoms with E-state index in [1.807, 2.05) is 22.9 Å². The molecule has 0 amide bonds. The van der Waals surface area contributed by atoms with Crippen molar-refractivity contribution in [2.75, 3.05) is 39.3 Å². The highest BCUT2D eigenvalue weighted by molar-refractivity contribution is 5.32. The Morgan fingerprint density at radius 3 is 2.41 bits per heavy atom. The van der Waals surface area contributed by atoms with Gasteiger partial charge in [-0.25, -0.2) is 4.68 Å². The van der Waals surface area contributed by atoms with Crippen molar-refractivity contribution in [1.29, 1.82) is 0 Å². The second-order valence-electron chi connectivity index (χ2n) is 5.86. The van der Waals surface area contributed by atoms with E-state index in [2.05, 4.69) is 40.2 Å². The number of hydrogen-bond donors (Lipinski definition) is 1. The number of aromatic nitrogens is 2. The number of nitrogens with zero attached hydrogens (tertiary/aromatic N) is 4. The van der Waals surface area contributed by atoms with Gasteiger partial charge in [0, 0.05) is 51.0 Å². The predicted molar refractivity (Wildman–Crippen MR) is 87.1 cm³/mol. The van der Waals surface area contributed by atoms with E-state index in [0.29, 0.717) is 0 Å². The number of piperazine rings is 1. The molecule has 22 heavy (non-hydrogen) atoms. The zero-order valence-electron chi connectivity index (χ0n) is 13.1. The van der Waals surface area contributed by atoms with Gasteiger partial charge < -0.3 is 5.11 Å². The van der Waals surface area contributed by atoms with Crippen LogP contribution in [-0.2, 0) is 6.54 Å². The van der Waals surface area contributed by atoms with Gasteiger partial charge in [-0.3, -0.25) is 9.80 Å². The van der Waals surface area contributed by atoms with Gasteiger partial charge in [0.1, 0.15) is 0 Å². The highest BCUT2D eigenvalue weighted by Crippen LogP contribution is 2.15. The van der Waals surface area contributed by atoms with Gasteiger partial charge in [0.2, 0.25) is 0 Å². The number of aliphatic hydroxyl groups excluding tert-OH is 1. The molecular weight excluding hydrogens is 276 g/mol. The third kappa shape index (κ3) is 3.55. The molecule has 3 rings (SSSR count). The minimum absolute atomic E-state index is 0.253. The first kappa shape index (κ1) is 15.2. The molecule has 2 aromatic rings. The van der Waals surface area contributed by atoms with Gasteiger partial charge in [-0.15, -0.1) is 0 Å². The van der Waals surface area contributed by atoms with Crippen molar-refractivity contribution in [2.45, 2.75) is 13.5 Å². The topological polar surface area (TPSA) is 44.5 Å². The fraction of sp³-hybridized carbons (Fsp3) is 0.471. The third-order valence-electron chi connectivity index (χ3n) is 4.30. The second-order valence-corrected chi connectivity index (χ2v) is 5.86.